The Hall–Kier alpha value is -1.80. The van der Waals surface area contributed by atoms with Gasteiger partial charge in [0.25, 0.3) is 5.91 Å². The van der Waals surface area contributed by atoms with Gasteiger partial charge in [0, 0.05) is 9.26 Å². The van der Waals surface area contributed by atoms with E-state index in [0.29, 0.717) is 10.6 Å². The number of rotatable bonds is 3. The summed E-state index contributed by atoms with van der Waals surface area (Å²) < 4.78 is 0.847. The first kappa shape index (κ1) is 16.6. The summed E-state index contributed by atoms with van der Waals surface area (Å²) in [5.41, 5.74) is 0.636. The van der Waals surface area contributed by atoms with Crippen molar-refractivity contribution in [2.24, 2.45) is 0 Å². The van der Waals surface area contributed by atoms with Crippen molar-refractivity contribution in [2.45, 2.75) is 6.92 Å². The summed E-state index contributed by atoms with van der Waals surface area (Å²) in [6.07, 6.45) is 0. The highest BCUT2D eigenvalue weighted by Crippen LogP contribution is 2.27. The zero-order valence-electron chi connectivity index (χ0n) is 11.4. The Kier molecular flexibility index (Phi) is 4.92. The number of benzene rings is 2. The molecule has 3 N–H and O–H groups in total. The number of halogens is 2. The smallest absolute Gasteiger partial charge is 0.339 e. The summed E-state index contributed by atoms with van der Waals surface area (Å²) >= 11 is 8.06. The van der Waals surface area contributed by atoms with E-state index in [0.717, 1.165) is 3.57 Å². The van der Waals surface area contributed by atoms with Crippen molar-refractivity contribution in [1.82, 2.24) is 0 Å². The number of carbonyl (C=O) groups is 2. The second-order valence-corrected chi connectivity index (χ2v) is 6.23. The molecule has 2 rings (SSSR count). The molecule has 0 aliphatic heterocycles. The van der Waals surface area contributed by atoms with Gasteiger partial charge in [-0.05, 0) is 65.4 Å². The Morgan fingerprint density at radius 1 is 1.18 bits per heavy atom. The average Bonchev–Trinajstić information content (AvgIpc) is 2.44. The summed E-state index contributed by atoms with van der Waals surface area (Å²) in [7, 11) is 0. The average molecular weight is 432 g/mol. The van der Waals surface area contributed by atoms with E-state index < -0.39 is 11.9 Å². The van der Waals surface area contributed by atoms with Gasteiger partial charge in [-0.1, -0.05) is 11.6 Å². The van der Waals surface area contributed by atoms with Crippen LogP contribution in [0, 0.1) is 10.5 Å². The quantitative estimate of drug-likeness (QED) is 0.508. The number of aromatic hydroxyl groups is 1. The lowest BCUT2D eigenvalue weighted by molar-refractivity contribution is 0.0693. The van der Waals surface area contributed by atoms with Crippen LogP contribution in [0.15, 0.2) is 30.3 Å². The van der Waals surface area contributed by atoms with Gasteiger partial charge in [-0.15, -0.1) is 0 Å². The molecule has 0 spiro atoms. The van der Waals surface area contributed by atoms with Crippen LogP contribution in [-0.2, 0) is 0 Å². The minimum Gasteiger partial charge on any atom is -0.507 e. The van der Waals surface area contributed by atoms with Crippen LogP contribution < -0.4 is 5.32 Å². The van der Waals surface area contributed by atoms with Gasteiger partial charge >= 0.3 is 5.97 Å². The van der Waals surface area contributed by atoms with Crippen molar-refractivity contribution in [1.29, 1.82) is 0 Å². The van der Waals surface area contributed by atoms with Crippen LogP contribution in [0.1, 0.15) is 26.3 Å². The molecule has 2 aromatic carbocycles. The van der Waals surface area contributed by atoms with E-state index >= 15 is 0 Å². The Morgan fingerprint density at radius 3 is 2.50 bits per heavy atom. The molecule has 0 heterocycles. The van der Waals surface area contributed by atoms with Gasteiger partial charge < -0.3 is 15.5 Å². The van der Waals surface area contributed by atoms with Gasteiger partial charge in [0.15, 0.2) is 0 Å². The van der Waals surface area contributed by atoms with Gasteiger partial charge in [-0.3, -0.25) is 4.79 Å². The monoisotopic (exact) mass is 431 g/mol. The molecule has 0 unspecified atom stereocenters. The minimum atomic E-state index is -1.27. The van der Waals surface area contributed by atoms with E-state index in [1.807, 2.05) is 0 Å². The van der Waals surface area contributed by atoms with Crippen LogP contribution in [0.25, 0.3) is 0 Å². The van der Waals surface area contributed by atoms with Crippen molar-refractivity contribution < 1.29 is 19.8 Å². The van der Waals surface area contributed by atoms with Crippen molar-refractivity contribution in [2.75, 3.05) is 5.32 Å². The lowest BCUT2D eigenvalue weighted by Crippen LogP contribution is -2.13. The Labute approximate surface area is 145 Å². The van der Waals surface area contributed by atoms with Crippen molar-refractivity contribution in [3.05, 3.63) is 55.6 Å². The second kappa shape index (κ2) is 6.53. The SMILES string of the molecule is Cc1cc(NC(=O)c2cc(I)ccc2Cl)cc(C(=O)O)c1O. The third kappa shape index (κ3) is 3.50. The first-order valence-electron chi connectivity index (χ1n) is 6.13. The molecule has 22 heavy (non-hydrogen) atoms. The molecule has 0 saturated carbocycles. The highest BCUT2D eigenvalue weighted by atomic mass is 127. The predicted molar refractivity (Wildman–Crippen MR) is 91.9 cm³/mol. The predicted octanol–water partition coefficient (Wildman–Crippen LogP) is 3.91. The van der Waals surface area contributed by atoms with Crippen LogP contribution in [0.3, 0.4) is 0 Å². The highest BCUT2D eigenvalue weighted by Gasteiger charge is 2.16. The van der Waals surface area contributed by atoms with Crippen LogP contribution in [-0.4, -0.2) is 22.1 Å². The van der Waals surface area contributed by atoms with Gasteiger partial charge in [0.05, 0.1) is 10.6 Å². The fraction of sp³-hybridized carbons (Fsp3) is 0.0667. The summed E-state index contributed by atoms with van der Waals surface area (Å²) in [6.45, 7) is 1.55. The maximum absolute atomic E-state index is 12.3. The Balaban J connectivity index is 2.36. The molecule has 0 aromatic heterocycles. The minimum absolute atomic E-state index is 0.271. The number of hydrogen-bond donors (Lipinski definition) is 3. The number of amides is 1. The van der Waals surface area contributed by atoms with Crippen molar-refractivity contribution in [3.63, 3.8) is 0 Å². The lowest BCUT2D eigenvalue weighted by Gasteiger charge is -2.10. The van der Waals surface area contributed by atoms with Crippen LogP contribution >= 0.6 is 34.2 Å². The zero-order chi connectivity index (χ0) is 16.4. The van der Waals surface area contributed by atoms with E-state index in [1.54, 1.807) is 25.1 Å². The van der Waals surface area contributed by atoms with Gasteiger partial charge in [0.2, 0.25) is 0 Å². The first-order valence-corrected chi connectivity index (χ1v) is 7.58. The topological polar surface area (TPSA) is 86.6 Å². The van der Waals surface area contributed by atoms with E-state index in [-0.39, 0.29) is 22.6 Å². The fourth-order valence-corrected chi connectivity index (χ4v) is 2.58. The molecule has 2 aromatic rings. The van der Waals surface area contributed by atoms with E-state index in [9.17, 15) is 14.7 Å². The normalized spacial score (nSPS) is 10.3. The zero-order valence-corrected chi connectivity index (χ0v) is 14.3. The molecule has 0 radical (unpaired) electrons. The Bertz CT molecular complexity index is 776. The molecule has 1 amide bonds. The van der Waals surface area contributed by atoms with E-state index in [1.165, 1.54) is 12.1 Å². The van der Waals surface area contributed by atoms with Crippen LogP contribution in [0.2, 0.25) is 5.02 Å². The van der Waals surface area contributed by atoms with E-state index in [2.05, 4.69) is 27.9 Å². The third-order valence-electron chi connectivity index (χ3n) is 2.96. The lowest BCUT2D eigenvalue weighted by atomic mass is 10.1. The molecule has 0 aliphatic carbocycles. The number of anilines is 1. The second-order valence-electron chi connectivity index (χ2n) is 4.57. The molecule has 5 nitrogen and oxygen atoms in total. The maximum Gasteiger partial charge on any atom is 0.339 e. The largest absolute Gasteiger partial charge is 0.507 e. The fourth-order valence-electron chi connectivity index (χ4n) is 1.88. The Morgan fingerprint density at radius 2 is 1.86 bits per heavy atom. The number of aromatic carboxylic acids is 1. The number of nitrogens with one attached hydrogen (secondary N) is 1. The maximum atomic E-state index is 12.3. The highest BCUT2D eigenvalue weighted by molar-refractivity contribution is 14.1. The first-order chi connectivity index (χ1) is 10.3. The number of carbonyl (C=O) groups excluding carboxylic acids is 1. The molecular weight excluding hydrogens is 421 g/mol. The number of aryl methyl sites for hydroxylation is 1. The van der Waals surface area contributed by atoms with Crippen molar-refractivity contribution in [3.8, 4) is 5.75 Å². The summed E-state index contributed by atoms with van der Waals surface area (Å²) in [5, 5.41) is 21.6. The van der Waals surface area contributed by atoms with Gasteiger partial charge in [-0.25, -0.2) is 4.79 Å². The summed E-state index contributed by atoms with van der Waals surface area (Å²) in [6, 6.07) is 7.70. The summed E-state index contributed by atoms with van der Waals surface area (Å²) in [5.74, 6) is -2.05. The molecule has 0 bridgehead atoms. The molecule has 114 valence electrons. The molecular formula is C15H11ClINO4. The molecule has 0 atom stereocenters. The summed E-state index contributed by atoms with van der Waals surface area (Å²) in [4.78, 5) is 23.3. The van der Waals surface area contributed by atoms with Gasteiger partial charge in [-0.2, -0.15) is 0 Å². The third-order valence-corrected chi connectivity index (χ3v) is 3.96. The molecule has 0 fully saturated rings. The number of phenols is 1. The number of hydrogen-bond acceptors (Lipinski definition) is 3. The van der Waals surface area contributed by atoms with Crippen LogP contribution in [0.4, 0.5) is 5.69 Å². The van der Waals surface area contributed by atoms with Crippen LogP contribution in [0.5, 0.6) is 5.75 Å². The van der Waals surface area contributed by atoms with Gasteiger partial charge in [0.1, 0.15) is 11.3 Å². The van der Waals surface area contributed by atoms with Crippen molar-refractivity contribution >= 4 is 51.8 Å². The molecule has 0 aliphatic rings. The van der Waals surface area contributed by atoms with E-state index in [4.69, 9.17) is 16.7 Å². The molecule has 0 saturated heterocycles. The molecule has 7 heteroatoms. The number of carboxylic acids is 1. The number of carboxylic acid groups (broad SMARTS) is 1. The standard InChI is InChI=1S/C15H11ClINO4/c1-7-4-9(6-11(13(7)19)15(21)22)18-14(20)10-5-8(17)2-3-12(10)16/h2-6,19H,1H3,(H,18,20)(H,21,22).